The van der Waals surface area contributed by atoms with Crippen molar-refractivity contribution in [2.45, 2.75) is 26.2 Å². The van der Waals surface area contributed by atoms with E-state index in [1.54, 1.807) is 0 Å². The summed E-state index contributed by atoms with van der Waals surface area (Å²) in [7, 11) is 0. The number of nitrogen functional groups attached to an aromatic ring is 1. The van der Waals surface area contributed by atoms with Crippen LogP contribution in [0.2, 0.25) is 0 Å². The van der Waals surface area contributed by atoms with Crippen molar-refractivity contribution in [3.05, 3.63) is 35.5 Å². The molecule has 2 aromatic rings. The quantitative estimate of drug-likeness (QED) is 0.736. The first-order valence-electron chi connectivity index (χ1n) is 6.16. The number of benzene rings is 1. The van der Waals surface area contributed by atoms with E-state index in [4.69, 9.17) is 5.73 Å². The number of rotatable bonds is 1. The highest BCUT2D eigenvalue weighted by Gasteiger charge is 2.22. The Bertz CT molecular complexity index is 542. The molecule has 17 heavy (non-hydrogen) atoms. The van der Waals surface area contributed by atoms with Crippen LogP contribution in [0.3, 0.4) is 0 Å². The molecule has 0 amide bonds. The van der Waals surface area contributed by atoms with Gasteiger partial charge in [-0.25, -0.2) is 0 Å². The van der Waals surface area contributed by atoms with Crippen molar-refractivity contribution in [3.8, 4) is 11.3 Å². The number of anilines is 1. The Hall–Kier alpha value is -1.77. The number of aryl methyl sites for hydroxylation is 1. The molecule has 1 aliphatic rings. The number of hydrogen-bond donors (Lipinski definition) is 2. The zero-order chi connectivity index (χ0) is 11.8. The fraction of sp³-hybridized carbons (Fsp3) is 0.357. The summed E-state index contributed by atoms with van der Waals surface area (Å²) in [5, 5.41) is 7.63. The lowest BCUT2D eigenvalue weighted by atomic mass is 9.86. The highest BCUT2D eigenvalue weighted by Crippen LogP contribution is 2.33. The molecule has 0 radical (unpaired) electrons. The Balaban J connectivity index is 2.11. The molecular formula is C14H17N3. The van der Waals surface area contributed by atoms with Gasteiger partial charge in [0.15, 0.2) is 0 Å². The predicted octanol–water partition coefficient (Wildman–Crippen LogP) is 2.78. The van der Waals surface area contributed by atoms with Crippen molar-refractivity contribution in [2.75, 3.05) is 5.73 Å². The van der Waals surface area contributed by atoms with Crippen molar-refractivity contribution in [1.29, 1.82) is 0 Å². The molecule has 0 aliphatic heterocycles. The topological polar surface area (TPSA) is 54.7 Å². The van der Waals surface area contributed by atoms with Crippen LogP contribution >= 0.6 is 0 Å². The number of hydrogen-bond acceptors (Lipinski definition) is 2. The molecule has 3 heteroatoms. The van der Waals surface area contributed by atoms with Gasteiger partial charge in [0, 0.05) is 22.5 Å². The average molecular weight is 227 g/mol. The van der Waals surface area contributed by atoms with E-state index in [1.165, 1.54) is 17.7 Å². The van der Waals surface area contributed by atoms with Crippen LogP contribution in [0, 0.1) is 5.92 Å². The van der Waals surface area contributed by atoms with Gasteiger partial charge in [0.2, 0.25) is 0 Å². The standard InChI is InChI=1S/C14H17N3/c1-9-6-7-13-11(8-9)14(17-16-13)10-4-2-3-5-12(10)15/h2-5,9H,6-8,15H2,1H3,(H,16,17). The molecule has 1 aliphatic carbocycles. The Morgan fingerprint density at radius 2 is 2.18 bits per heavy atom. The number of aromatic amines is 1. The van der Waals surface area contributed by atoms with Gasteiger partial charge in [0.05, 0.1) is 5.69 Å². The lowest BCUT2D eigenvalue weighted by Crippen LogP contribution is -2.10. The van der Waals surface area contributed by atoms with Crippen molar-refractivity contribution in [2.24, 2.45) is 5.92 Å². The van der Waals surface area contributed by atoms with Gasteiger partial charge in [-0.2, -0.15) is 5.10 Å². The van der Waals surface area contributed by atoms with Crippen LogP contribution in [0.25, 0.3) is 11.3 Å². The molecule has 88 valence electrons. The van der Waals surface area contributed by atoms with Gasteiger partial charge < -0.3 is 5.73 Å². The molecule has 0 fully saturated rings. The summed E-state index contributed by atoms with van der Waals surface area (Å²) in [5.74, 6) is 0.740. The van der Waals surface area contributed by atoms with Crippen LogP contribution in [-0.2, 0) is 12.8 Å². The number of nitrogens with two attached hydrogens (primary N) is 1. The Morgan fingerprint density at radius 1 is 1.35 bits per heavy atom. The third-order valence-electron chi connectivity index (χ3n) is 3.61. The van der Waals surface area contributed by atoms with Gasteiger partial charge in [-0.1, -0.05) is 25.1 Å². The molecule has 0 bridgehead atoms. The van der Waals surface area contributed by atoms with Gasteiger partial charge in [-0.15, -0.1) is 0 Å². The third kappa shape index (κ3) is 1.71. The maximum atomic E-state index is 6.03. The summed E-state index contributed by atoms with van der Waals surface area (Å²) in [6.45, 7) is 2.30. The number of nitrogens with one attached hydrogen (secondary N) is 1. The zero-order valence-electron chi connectivity index (χ0n) is 10.0. The molecule has 0 saturated heterocycles. The second kappa shape index (κ2) is 3.91. The van der Waals surface area contributed by atoms with E-state index in [1.807, 2.05) is 24.3 Å². The smallest absolute Gasteiger partial charge is 0.0976 e. The lowest BCUT2D eigenvalue weighted by molar-refractivity contribution is 0.498. The maximum Gasteiger partial charge on any atom is 0.0976 e. The van der Waals surface area contributed by atoms with Crippen molar-refractivity contribution in [3.63, 3.8) is 0 Å². The predicted molar refractivity (Wildman–Crippen MR) is 69.6 cm³/mol. The third-order valence-corrected chi connectivity index (χ3v) is 3.61. The molecule has 3 nitrogen and oxygen atoms in total. The minimum atomic E-state index is 0.740. The van der Waals surface area contributed by atoms with E-state index in [2.05, 4.69) is 17.1 Å². The lowest BCUT2D eigenvalue weighted by Gasteiger charge is -2.18. The molecular weight excluding hydrogens is 210 g/mol. The second-order valence-electron chi connectivity index (χ2n) is 4.96. The Morgan fingerprint density at radius 3 is 3.00 bits per heavy atom. The first-order chi connectivity index (χ1) is 8.25. The summed E-state index contributed by atoms with van der Waals surface area (Å²) in [6, 6.07) is 7.95. The number of nitrogens with zero attached hydrogens (tertiary/aromatic N) is 1. The van der Waals surface area contributed by atoms with Crippen molar-refractivity contribution < 1.29 is 0 Å². The molecule has 1 aromatic carbocycles. The van der Waals surface area contributed by atoms with Crippen LogP contribution in [-0.4, -0.2) is 10.2 Å². The van der Waals surface area contributed by atoms with Crippen molar-refractivity contribution >= 4 is 5.69 Å². The largest absolute Gasteiger partial charge is 0.398 e. The van der Waals surface area contributed by atoms with Crippen LogP contribution in [0.1, 0.15) is 24.6 Å². The van der Waals surface area contributed by atoms with E-state index >= 15 is 0 Å². The first-order valence-corrected chi connectivity index (χ1v) is 6.16. The summed E-state index contributed by atoms with van der Waals surface area (Å²) < 4.78 is 0. The van der Waals surface area contributed by atoms with Gasteiger partial charge in [0.25, 0.3) is 0 Å². The molecule has 3 rings (SSSR count). The fourth-order valence-corrected chi connectivity index (χ4v) is 2.60. The van der Waals surface area contributed by atoms with Gasteiger partial charge in [-0.3, -0.25) is 5.10 Å². The molecule has 0 saturated carbocycles. The van der Waals surface area contributed by atoms with E-state index < -0.39 is 0 Å². The maximum absolute atomic E-state index is 6.03. The normalized spacial score (nSPS) is 19.0. The zero-order valence-corrected chi connectivity index (χ0v) is 10.0. The van der Waals surface area contributed by atoms with Crippen LogP contribution < -0.4 is 5.73 Å². The minimum absolute atomic E-state index is 0.740. The minimum Gasteiger partial charge on any atom is -0.398 e. The molecule has 1 unspecified atom stereocenters. The second-order valence-corrected chi connectivity index (χ2v) is 4.96. The molecule has 0 spiro atoms. The Kier molecular flexibility index (Phi) is 2.39. The summed E-state index contributed by atoms with van der Waals surface area (Å²) in [4.78, 5) is 0. The fourth-order valence-electron chi connectivity index (χ4n) is 2.60. The summed E-state index contributed by atoms with van der Waals surface area (Å²) in [5.41, 5.74) is 11.6. The van der Waals surface area contributed by atoms with Gasteiger partial charge >= 0.3 is 0 Å². The average Bonchev–Trinajstić information content (AvgIpc) is 2.72. The van der Waals surface area contributed by atoms with E-state index in [0.717, 1.165) is 35.7 Å². The van der Waals surface area contributed by atoms with E-state index in [-0.39, 0.29) is 0 Å². The monoisotopic (exact) mass is 227 g/mol. The molecule has 1 atom stereocenters. The number of H-pyrrole nitrogens is 1. The van der Waals surface area contributed by atoms with Crippen molar-refractivity contribution in [1.82, 2.24) is 10.2 Å². The molecule has 1 aromatic heterocycles. The van der Waals surface area contributed by atoms with Crippen LogP contribution in [0.5, 0.6) is 0 Å². The Labute approximate surface area is 101 Å². The molecule has 1 heterocycles. The van der Waals surface area contributed by atoms with Gasteiger partial charge in [-0.05, 0) is 31.2 Å². The number of aromatic nitrogens is 2. The highest BCUT2D eigenvalue weighted by atomic mass is 15.1. The van der Waals surface area contributed by atoms with Crippen LogP contribution in [0.4, 0.5) is 5.69 Å². The van der Waals surface area contributed by atoms with E-state index in [0.29, 0.717) is 0 Å². The van der Waals surface area contributed by atoms with Crippen LogP contribution in [0.15, 0.2) is 24.3 Å². The van der Waals surface area contributed by atoms with Gasteiger partial charge in [0.1, 0.15) is 0 Å². The SMILES string of the molecule is CC1CCc2[nH]nc(-c3ccccc3N)c2C1. The first kappa shape index (κ1) is 10.4. The summed E-state index contributed by atoms with van der Waals surface area (Å²) in [6.07, 6.45) is 3.46. The number of fused-ring (bicyclic) bond motifs is 1. The number of para-hydroxylation sites is 1. The molecule has 3 N–H and O–H groups in total. The summed E-state index contributed by atoms with van der Waals surface area (Å²) >= 11 is 0. The van der Waals surface area contributed by atoms with E-state index in [9.17, 15) is 0 Å². The highest BCUT2D eigenvalue weighted by molar-refractivity contribution is 5.76.